The molecule has 0 saturated heterocycles. The highest BCUT2D eigenvalue weighted by molar-refractivity contribution is 6.09. The zero-order valence-electron chi connectivity index (χ0n) is 39.3. The van der Waals surface area contributed by atoms with Gasteiger partial charge in [-0.15, -0.1) is 0 Å². The number of aliphatic carboxylic acids is 2. The molecule has 0 heterocycles. The van der Waals surface area contributed by atoms with Crippen LogP contribution >= 0.6 is 0 Å². The van der Waals surface area contributed by atoms with Crippen LogP contribution in [-0.4, -0.2) is 82.0 Å². The molecule has 0 aliphatic rings. The fourth-order valence-corrected chi connectivity index (χ4v) is 7.31. The number of carbonyl (C=O) groups is 7. The number of rotatable bonds is 18. The van der Waals surface area contributed by atoms with Gasteiger partial charge in [-0.25, -0.2) is 9.59 Å². The largest absolute Gasteiger partial charge is 0.490 e. The maximum Gasteiger partial charge on any atom is 0.490 e. The van der Waals surface area contributed by atoms with Gasteiger partial charge in [0.05, 0.1) is 6.04 Å². The van der Waals surface area contributed by atoms with Gasteiger partial charge < -0.3 is 42.5 Å². The van der Waals surface area contributed by atoms with Crippen LogP contribution in [0.2, 0.25) is 0 Å². The molecule has 6 aromatic carbocycles. The van der Waals surface area contributed by atoms with Crippen LogP contribution in [0.3, 0.4) is 0 Å². The molecule has 0 saturated carbocycles. The summed E-state index contributed by atoms with van der Waals surface area (Å²) in [7, 11) is 0. The van der Waals surface area contributed by atoms with Crippen LogP contribution in [-0.2, 0) is 36.8 Å². The topological polar surface area (TPSA) is 246 Å². The fourth-order valence-electron chi connectivity index (χ4n) is 7.31. The molecule has 0 aliphatic carbocycles. The van der Waals surface area contributed by atoms with Crippen molar-refractivity contribution in [1.82, 2.24) is 16.0 Å². The van der Waals surface area contributed by atoms with Gasteiger partial charge in [-0.05, 0) is 59.4 Å². The summed E-state index contributed by atoms with van der Waals surface area (Å²) in [6.45, 7) is 4.94. The van der Waals surface area contributed by atoms with Crippen LogP contribution in [0.4, 0.5) is 24.5 Å². The number of nitrogens with two attached hydrogens (primary N) is 1. The van der Waals surface area contributed by atoms with Gasteiger partial charge in [-0.1, -0.05) is 147 Å². The van der Waals surface area contributed by atoms with E-state index in [9.17, 15) is 47.0 Å². The number of para-hydroxylation sites is 2. The molecule has 0 radical (unpaired) electrons. The van der Waals surface area contributed by atoms with Gasteiger partial charge in [-0.2, -0.15) is 13.2 Å². The zero-order valence-corrected chi connectivity index (χ0v) is 39.3. The second-order valence-corrected chi connectivity index (χ2v) is 16.8. The van der Waals surface area contributed by atoms with Gasteiger partial charge in [0.25, 0.3) is 11.8 Å². The molecule has 0 fully saturated rings. The van der Waals surface area contributed by atoms with E-state index in [4.69, 9.17) is 15.6 Å². The van der Waals surface area contributed by atoms with Crippen LogP contribution in [0.5, 0.6) is 0 Å². The lowest BCUT2D eigenvalue weighted by molar-refractivity contribution is -0.192. The Morgan fingerprint density at radius 1 is 0.486 bits per heavy atom. The Hall–Kier alpha value is -8.64. The third-order valence-corrected chi connectivity index (χ3v) is 11.0. The lowest BCUT2D eigenvalue weighted by Crippen LogP contribution is -2.54. The summed E-state index contributed by atoms with van der Waals surface area (Å²) in [5.74, 6) is -7.13. The molecule has 18 heteroatoms. The van der Waals surface area contributed by atoms with E-state index in [0.717, 1.165) is 11.1 Å². The number of amides is 5. The number of hydrogen-bond acceptors (Lipinski definition) is 8. The molecular formula is C54H53F3N6O9. The number of alkyl halides is 3. The molecule has 0 bridgehead atoms. The molecule has 6 rings (SSSR count). The molecule has 0 unspecified atom stereocenters. The second-order valence-electron chi connectivity index (χ2n) is 16.8. The average Bonchev–Trinajstić information content (AvgIpc) is 3.35. The number of carbonyl (C=O) groups excluding carboxylic acids is 5. The Bertz CT molecular complexity index is 2880. The maximum atomic E-state index is 14.5. The Balaban J connectivity index is 0.00000128. The maximum absolute atomic E-state index is 14.5. The first-order valence-corrected chi connectivity index (χ1v) is 22.5. The van der Waals surface area contributed by atoms with E-state index < -0.39 is 71.8 Å². The number of halogens is 3. The minimum absolute atomic E-state index is 0.0794. The standard InChI is InChI=1S/C52H52N6O7.C2HF3O2/c1-32(2)46(52(64)65)58-51(63)45(31-35-20-8-5-9-21-35)57-49(61)41-27-13-11-23-37(41)36-22-10-12-26-40(36)48(60)56-44(30-34-18-6-4-7-19-34)50(62)55-43-29-17-15-25-39(43)38-24-14-16-28-42(38)54-47(59)33(3)53;3-2(4,5)1(6)7/h4-29,32-33,44-46H,30-31,53H2,1-3H3,(H,54,59)(H,55,62)(H,56,60)(H,57,61)(H,58,63)(H,64,65);(H,6,7)/t33-,44-,45-,46-;/m0./s1. The van der Waals surface area contributed by atoms with E-state index in [1.807, 2.05) is 60.7 Å². The highest BCUT2D eigenvalue weighted by atomic mass is 19.4. The average molecular weight is 987 g/mol. The predicted molar refractivity (Wildman–Crippen MR) is 266 cm³/mol. The summed E-state index contributed by atoms with van der Waals surface area (Å²) < 4.78 is 31.7. The summed E-state index contributed by atoms with van der Waals surface area (Å²) in [6.07, 6.45) is -4.87. The molecule has 6 aromatic rings. The van der Waals surface area contributed by atoms with Gasteiger partial charge in [-0.3, -0.25) is 24.0 Å². The molecule has 4 atom stereocenters. The van der Waals surface area contributed by atoms with E-state index in [2.05, 4.69) is 26.6 Å². The van der Waals surface area contributed by atoms with Crippen molar-refractivity contribution in [2.45, 2.75) is 64.0 Å². The van der Waals surface area contributed by atoms with E-state index in [1.54, 1.807) is 118 Å². The zero-order chi connectivity index (χ0) is 52.5. The molecule has 9 N–H and O–H groups in total. The van der Waals surface area contributed by atoms with Crippen LogP contribution in [0, 0.1) is 5.92 Å². The lowest BCUT2D eigenvalue weighted by atomic mass is 9.93. The molecular weight excluding hydrogens is 934 g/mol. The molecule has 0 aromatic heterocycles. The summed E-state index contributed by atoms with van der Waals surface area (Å²) >= 11 is 0. The number of hydrogen-bond donors (Lipinski definition) is 8. The van der Waals surface area contributed by atoms with E-state index >= 15 is 0 Å². The van der Waals surface area contributed by atoms with Gasteiger partial charge >= 0.3 is 18.1 Å². The first-order valence-electron chi connectivity index (χ1n) is 22.5. The Labute approximate surface area is 413 Å². The summed E-state index contributed by atoms with van der Waals surface area (Å²) in [5, 5.41) is 31.2. The van der Waals surface area contributed by atoms with Crippen molar-refractivity contribution in [2.24, 2.45) is 11.7 Å². The highest BCUT2D eigenvalue weighted by Crippen LogP contribution is 2.34. The van der Waals surface area contributed by atoms with Crippen molar-refractivity contribution in [2.75, 3.05) is 10.6 Å². The number of anilines is 2. The Morgan fingerprint density at radius 3 is 1.21 bits per heavy atom. The smallest absolute Gasteiger partial charge is 0.480 e. The Kier molecular flexibility index (Phi) is 19.1. The first-order chi connectivity index (χ1) is 34.2. The van der Waals surface area contributed by atoms with Crippen molar-refractivity contribution in [3.8, 4) is 22.3 Å². The normalized spacial score (nSPS) is 12.6. The van der Waals surface area contributed by atoms with E-state index in [-0.39, 0.29) is 29.9 Å². The van der Waals surface area contributed by atoms with Gasteiger partial charge in [0, 0.05) is 46.5 Å². The van der Waals surface area contributed by atoms with Gasteiger partial charge in [0.2, 0.25) is 17.7 Å². The van der Waals surface area contributed by atoms with Gasteiger partial charge in [0.1, 0.15) is 18.1 Å². The molecule has 72 heavy (non-hydrogen) atoms. The van der Waals surface area contributed by atoms with Crippen molar-refractivity contribution < 1.29 is 56.9 Å². The van der Waals surface area contributed by atoms with E-state index in [0.29, 0.717) is 33.6 Å². The first kappa shape index (κ1) is 54.3. The number of carboxylic acid groups (broad SMARTS) is 2. The summed E-state index contributed by atoms with van der Waals surface area (Å²) in [4.78, 5) is 90.4. The highest BCUT2D eigenvalue weighted by Gasteiger charge is 2.38. The lowest BCUT2D eigenvalue weighted by Gasteiger charge is -2.24. The van der Waals surface area contributed by atoms with E-state index in [1.165, 1.54) is 0 Å². The third-order valence-electron chi connectivity index (χ3n) is 11.0. The van der Waals surface area contributed by atoms with Gasteiger partial charge in [0.15, 0.2) is 0 Å². The second kappa shape index (κ2) is 25.3. The minimum Gasteiger partial charge on any atom is -0.480 e. The number of nitrogens with one attached hydrogen (secondary N) is 5. The molecule has 0 spiro atoms. The number of carboxylic acids is 2. The Morgan fingerprint density at radius 2 is 0.833 bits per heavy atom. The monoisotopic (exact) mass is 986 g/mol. The quantitative estimate of drug-likeness (QED) is 0.0422. The van der Waals surface area contributed by atoms with Crippen LogP contribution in [0.15, 0.2) is 158 Å². The molecule has 5 amide bonds. The third kappa shape index (κ3) is 15.2. The SMILES string of the molecule is CC(C)[C@H](NC(=O)[C@H](Cc1ccccc1)NC(=O)c1ccccc1-c1ccccc1C(=O)N[C@@H](Cc1ccccc1)C(=O)Nc1ccccc1-c1ccccc1NC(=O)[C@H](C)N)C(=O)O.O=C(O)C(F)(F)F. The van der Waals surface area contributed by atoms with Crippen molar-refractivity contribution in [3.63, 3.8) is 0 Å². The van der Waals surface area contributed by atoms with Crippen LogP contribution < -0.4 is 32.3 Å². The van der Waals surface area contributed by atoms with Crippen LogP contribution in [0.1, 0.15) is 52.6 Å². The molecule has 0 aliphatic heterocycles. The minimum atomic E-state index is -5.08. The van der Waals surface area contributed by atoms with Crippen molar-refractivity contribution in [3.05, 3.63) is 180 Å². The molecule has 15 nitrogen and oxygen atoms in total. The summed E-state index contributed by atoms with van der Waals surface area (Å²) in [6, 6.07) is 41.8. The van der Waals surface area contributed by atoms with Crippen molar-refractivity contribution in [1.29, 1.82) is 0 Å². The number of benzene rings is 6. The summed E-state index contributed by atoms with van der Waals surface area (Å²) in [5.41, 5.74) is 10.7. The van der Waals surface area contributed by atoms with Crippen molar-refractivity contribution >= 4 is 52.8 Å². The predicted octanol–water partition coefficient (Wildman–Crippen LogP) is 7.49. The molecule has 374 valence electrons. The fraction of sp³-hybridized carbons (Fsp3) is 0.204. The van der Waals surface area contributed by atoms with Crippen LogP contribution in [0.25, 0.3) is 22.3 Å².